The van der Waals surface area contributed by atoms with Gasteiger partial charge in [-0.2, -0.15) is 0 Å². The summed E-state index contributed by atoms with van der Waals surface area (Å²) in [7, 11) is 3.19. The summed E-state index contributed by atoms with van der Waals surface area (Å²) >= 11 is 1.35. The maximum Gasteiger partial charge on any atom is 0.234 e. The fraction of sp³-hybridized carbons (Fsp3) is 0.227. The molecule has 0 radical (unpaired) electrons. The monoisotopic (exact) mass is 409 g/mol. The molecule has 0 unspecified atom stereocenters. The van der Waals surface area contributed by atoms with Gasteiger partial charge in [0, 0.05) is 11.3 Å². The molecule has 6 nitrogen and oxygen atoms in total. The van der Waals surface area contributed by atoms with Gasteiger partial charge in [0.1, 0.15) is 5.03 Å². The average molecular weight is 410 g/mol. The molecule has 0 aliphatic heterocycles. The van der Waals surface area contributed by atoms with E-state index in [1.54, 1.807) is 14.2 Å². The number of ether oxygens (including phenoxy) is 2. The molecule has 0 aliphatic rings. The van der Waals surface area contributed by atoms with Gasteiger partial charge in [-0.15, -0.1) is 10.2 Å². The molecule has 0 atom stereocenters. The minimum absolute atomic E-state index is 0.0746. The molecule has 1 N–H and O–H groups in total. The van der Waals surface area contributed by atoms with Gasteiger partial charge in [-0.05, 0) is 61.4 Å². The molecule has 0 fully saturated rings. The van der Waals surface area contributed by atoms with Gasteiger partial charge in [0.05, 0.1) is 25.7 Å². The summed E-state index contributed by atoms with van der Waals surface area (Å²) < 4.78 is 10.6. The van der Waals surface area contributed by atoms with E-state index in [-0.39, 0.29) is 11.7 Å². The maximum absolute atomic E-state index is 12.3. The zero-order valence-electron chi connectivity index (χ0n) is 16.9. The number of methoxy groups -OCH3 is 2. The van der Waals surface area contributed by atoms with Crippen LogP contribution < -0.4 is 14.8 Å². The standard InChI is InChI=1S/C22H23N3O3S/c1-14-6-5-7-17(15(14)2)23-21(26)13-29-22-11-9-18(24-25-22)16-8-10-19(27-3)20(12-16)28-4/h5-12H,13H2,1-4H3,(H,23,26). The molecule has 1 heterocycles. The highest BCUT2D eigenvalue weighted by Crippen LogP contribution is 2.31. The van der Waals surface area contributed by atoms with Crippen LogP contribution in [0.1, 0.15) is 11.1 Å². The number of hydrogen-bond acceptors (Lipinski definition) is 6. The molecule has 1 amide bonds. The number of aromatic nitrogens is 2. The van der Waals surface area contributed by atoms with Crippen LogP contribution in [0.4, 0.5) is 5.69 Å². The Bertz CT molecular complexity index is 1010. The van der Waals surface area contributed by atoms with Crippen molar-refractivity contribution >= 4 is 23.4 Å². The Labute approximate surface area is 174 Å². The van der Waals surface area contributed by atoms with Crippen molar-refractivity contribution in [3.8, 4) is 22.8 Å². The smallest absolute Gasteiger partial charge is 0.234 e. The lowest BCUT2D eigenvalue weighted by molar-refractivity contribution is -0.113. The number of amides is 1. The Morgan fingerprint density at radius 2 is 1.79 bits per heavy atom. The van der Waals surface area contributed by atoms with Crippen LogP contribution in [0.2, 0.25) is 0 Å². The molecule has 29 heavy (non-hydrogen) atoms. The fourth-order valence-electron chi connectivity index (χ4n) is 2.76. The van der Waals surface area contributed by atoms with Crippen molar-refractivity contribution in [1.82, 2.24) is 10.2 Å². The minimum atomic E-state index is -0.0746. The minimum Gasteiger partial charge on any atom is -0.493 e. The molecular weight excluding hydrogens is 386 g/mol. The molecule has 150 valence electrons. The van der Waals surface area contributed by atoms with Crippen LogP contribution in [-0.4, -0.2) is 36.1 Å². The third-order valence-electron chi connectivity index (χ3n) is 4.55. The van der Waals surface area contributed by atoms with Crippen molar-refractivity contribution in [3.63, 3.8) is 0 Å². The van der Waals surface area contributed by atoms with Gasteiger partial charge in [-0.1, -0.05) is 23.9 Å². The van der Waals surface area contributed by atoms with Crippen molar-refractivity contribution in [1.29, 1.82) is 0 Å². The van der Waals surface area contributed by atoms with E-state index in [0.29, 0.717) is 16.5 Å². The van der Waals surface area contributed by atoms with Crippen LogP contribution in [-0.2, 0) is 4.79 Å². The molecule has 0 spiro atoms. The first-order valence-electron chi connectivity index (χ1n) is 9.07. The van der Waals surface area contributed by atoms with E-state index in [4.69, 9.17) is 9.47 Å². The number of anilines is 1. The highest BCUT2D eigenvalue weighted by atomic mass is 32.2. The molecule has 0 saturated heterocycles. The average Bonchev–Trinajstić information content (AvgIpc) is 2.75. The van der Waals surface area contributed by atoms with E-state index < -0.39 is 0 Å². The number of thioether (sulfide) groups is 1. The second kappa shape index (κ2) is 9.43. The second-order valence-corrected chi connectivity index (χ2v) is 7.41. The van der Waals surface area contributed by atoms with Gasteiger partial charge in [0.2, 0.25) is 5.91 Å². The zero-order chi connectivity index (χ0) is 20.8. The summed E-state index contributed by atoms with van der Waals surface area (Å²) in [6, 6.07) is 15.2. The van der Waals surface area contributed by atoms with Gasteiger partial charge in [0.15, 0.2) is 11.5 Å². The first kappa shape index (κ1) is 20.7. The van der Waals surface area contributed by atoms with Crippen molar-refractivity contribution in [2.45, 2.75) is 18.9 Å². The lowest BCUT2D eigenvalue weighted by Gasteiger charge is -2.10. The Balaban J connectivity index is 1.62. The van der Waals surface area contributed by atoms with Crippen molar-refractivity contribution in [2.75, 3.05) is 25.3 Å². The van der Waals surface area contributed by atoms with Gasteiger partial charge < -0.3 is 14.8 Å². The number of carbonyl (C=O) groups is 1. The Hall–Kier alpha value is -3.06. The van der Waals surface area contributed by atoms with Gasteiger partial charge in [-0.25, -0.2) is 0 Å². The summed E-state index contributed by atoms with van der Waals surface area (Å²) in [6.07, 6.45) is 0. The first-order chi connectivity index (χ1) is 14.0. The lowest BCUT2D eigenvalue weighted by atomic mass is 10.1. The van der Waals surface area contributed by atoms with Crippen LogP contribution in [0.3, 0.4) is 0 Å². The number of carbonyl (C=O) groups excluding carboxylic acids is 1. The quantitative estimate of drug-likeness (QED) is 0.579. The molecule has 3 rings (SSSR count). The van der Waals surface area contributed by atoms with Gasteiger partial charge in [0.25, 0.3) is 0 Å². The number of nitrogens with zero attached hydrogens (tertiary/aromatic N) is 2. The Morgan fingerprint density at radius 1 is 1.00 bits per heavy atom. The van der Waals surface area contributed by atoms with Crippen LogP contribution in [0.15, 0.2) is 53.6 Å². The number of hydrogen-bond donors (Lipinski definition) is 1. The van der Waals surface area contributed by atoms with E-state index in [0.717, 1.165) is 28.1 Å². The summed E-state index contributed by atoms with van der Waals surface area (Å²) in [5, 5.41) is 12.1. The van der Waals surface area contributed by atoms with E-state index in [1.165, 1.54) is 11.8 Å². The highest BCUT2D eigenvalue weighted by molar-refractivity contribution is 7.99. The van der Waals surface area contributed by atoms with Crippen LogP contribution in [0, 0.1) is 13.8 Å². The molecular formula is C22H23N3O3S. The van der Waals surface area contributed by atoms with Crippen molar-refractivity contribution < 1.29 is 14.3 Å². The molecule has 2 aromatic carbocycles. The number of benzene rings is 2. The van der Waals surface area contributed by atoms with E-state index in [9.17, 15) is 4.79 Å². The highest BCUT2D eigenvalue weighted by Gasteiger charge is 2.10. The van der Waals surface area contributed by atoms with E-state index >= 15 is 0 Å². The maximum atomic E-state index is 12.3. The van der Waals surface area contributed by atoms with Crippen molar-refractivity contribution in [2.24, 2.45) is 0 Å². The third-order valence-corrected chi connectivity index (χ3v) is 5.47. The fourth-order valence-corrected chi connectivity index (χ4v) is 3.37. The first-order valence-corrected chi connectivity index (χ1v) is 10.1. The predicted octanol–water partition coefficient (Wildman–Crippen LogP) is 4.51. The van der Waals surface area contributed by atoms with Crippen LogP contribution >= 0.6 is 11.8 Å². The Morgan fingerprint density at radius 3 is 2.48 bits per heavy atom. The molecule has 0 saturated carbocycles. The largest absolute Gasteiger partial charge is 0.493 e. The molecule has 3 aromatic rings. The van der Waals surface area contributed by atoms with Gasteiger partial charge in [-0.3, -0.25) is 4.79 Å². The normalized spacial score (nSPS) is 10.5. The lowest BCUT2D eigenvalue weighted by Crippen LogP contribution is -2.15. The summed E-state index contributed by atoms with van der Waals surface area (Å²) in [6.45, 7) is 4.02. The molecule has 0 aliphatic carbocycles. The van der Waals surface area contributed by atoms with Crippen LogP contribution in [0.5, 0.6) is 11.5 Å². The Kier molecular flexibility index (Phi) is 6.72. The summed E-state index contributed by atoms with van der Waals surface area (Å²) in [4.78, 5) is 12.3. The van der Waals surface area contributed by atoms with E-state index in [2.05, 4.69) is 15.5 Å². The molecule has 0 bridgehead atoms. The number of nitrogens with one attached hydrogen (secondary N) is 1. The van der Waals surface area contributed by atoms with Gasteiger partial charge >= 0.3 is 0 Å². The summed E-state index contributed by atoms with van der Waals surface area (Å²) in [5.74, 6) is 1.48. The number of aryl methyl sites for hydroxylation is 1. The molecule has 1 aromatic heterocycles. The van der Waals surface area contributed by atoms with Crippen molar-refractivity contribution in [3.05, 3.63) is 59.7 Å². The second-order valence-electron chi connectivity index (χ2n) is 6.41. The topological polar surface area (TPSA) is 73.3 Å². The molecule has 7 heteroatoms. The van der Waals surface area contributed by atoms with E-state index in [1.807, 2.05) is 62.4 Å². The SMILES string of the molecule is COc1ccc(-c2ccc(SCC(=O)Nc3cccc(C)c3C)nn2)cc1OC. The zero-order valence-corrected chi connectivity index (χ0v) is 17.7. The summed E-state index contributed by atoms with van der Waals surface area (Å²) in [5.41, 5.74) is 4.65. The predicted molar refractivity (Wildman–Crippen MR) is 116 cm³/mol. The van der Waals surface area contributed by atoms with Crippen LogP contribution in [0.25, 0.3) is 11.3 Å². The third kappa shape index (κ3) is 5.06. The number of rotatable bonds is 7.